The van der Waals surface area contributed by atoms with Crippen LogP contribution in [0.25, 0.3) is 6.08 Å². The molecule has 0 aromatic carbocycles. The number of carbonyl (C=O) groups excluding carboxylic acids is 1. The van der Waals surface area contributed by atoms with E-state index in [0.717, 1.165) is 23.6 Å². The van der Waals surface area contributed by atoms with Gasteiger partial charge in [-0.25, -0.2) is 0 Å². The lowest BCUT2D eigenvalue weighted by Gasteiger charge is -1.93. The molecule has 0 aliphatic rings. The summed E-state index contributed by atoms with van der Waals surface area (Å²) >= 11 is 0. The predicted molar refractivity (Wildman–Crippen MR) is 78.5 cm³/mol. The van der Waals surface area contributed by atoms with Crippen LogP contribution in [0.2, 0.25) is 0 Å². The fourth-order valence-corrected chi connectivity index (χ4v) is 1.86. The molecule has 2 heterocycles. The predicted octanol–water partition coefficient (Wildman–Crippen LogP) is 3.65. The van der Waals surface area contributed by atoms with Crippen molar-refractivity contribution in [2.75, 3.05) is 0 Å². The Morgan fingerprint density at radius 3 is 2.85 bits per heavy atom. The highest BCUT2D eigenvalue weighted by Gasteiger charge is 2.09. The fourth-order valence-electron chi connectivity index (χ4n) is 1.86. The van der Waals surface area contributed by atoms with Gasteiger partial charge in [0.1, 0.15) is 5.76 Å². The van der Waals surface area contributed by atoms with Gasteiger partial charge in [-0.05, 0) is 50.6 Å². The zero-order chi connectivity index (χ0) is 14.5. The second-order valence-corrected chi connectivity index (χ2v) is 4.59. The smallest absolute Gasteiger partial charge is 0.189 e. The molecule has 0 unspecified atom stereocenters. The van der Waals surface area contributed by atoms with Crippen molar-refractivity contribution in [3.05, 3.63) is 59.3 Å². The average Bonchev–Trinajstić information content (AvgIpc) is 3.05. The molecule has 0 aliphatic heterocycles. The maximum atomic E-state index is 12.1. The van der Waals surface area contributed by atoms with Crippen LogP contribution < -0.4 is 0 Å². The maximum Gasteiger partial charge on any atom is 0.189 e. The number of rotatable bonds is 5. The van der Waals surface area contributed by atoms with Gasteiger partial charge in [0.2, 0.25) is 0 Å². The zero-order valence-electron chi connectivity index (χ0n) is 12.0. The first kappa shape index (κ1) is 14.1. The van der Waals surface area contributed by atoms with Crippen LogP contribution in [-0.2, 0) is 6.54 Å². The lowest BCUT2D eigenvalue weighted by atomic mass is 10.1. The van der Waals surface area contributed by atoms with Crippen LogP contribution in [0.4, 0.5) is 0 Å². The van der Waals surface area contributed by atoms with Crippen LogP contribution in [-0.4, -0.2) is 15.6 Å². The molecule has 2 rings (SSSR count). The van der Waals surface area contributed by atoms with Crippen molar-refractivity contribution in [3.8, 4) is 0 Å². The second kappa shape index (κ2) is 6.19. The van der Waals surface area contributed by atoms with Gasteiger partial charge >= 0.3 is 0 Å². The van der Waals surface area contributed by atoms with Gasteiger partial charge in [0.05, 0.1) is 17.5 Å². The molecule has 0 aliphatic carbocycles. The molecular formula is C16H18N2O2. The van der Waals surface area contributed by atoms with Crippen LogP contribution in [0.15, 0.2) is 46.7 Å². The standard InChI is InChI=1S/C16H18N2O2/c1-4-18-11-15(13(3)17-18)16(19)8-7-12(2)10-14-6-5-9-20-14/h5-11H,4H2,1-3H3/b8-7+,12-10+. The second-order valence-electron chi connectivity index (χ2n) is 4.59. The molecule has 0 saturated carbocycles. The number of hydrogen-bond acceptors (Lipinski definition) is 3. The summed E-state index contributed by atoms with van der Waals surface area (Å²) in [4.78, 5) is 12.1. The van der Waals surface area contributed by atoms with Gasteiger partial charge < -0.3 is 4.42 Å². The lowest BCUT2D eigenvalue weighted by Crippen LogP contribution is -1.95. The summed E-state index contributed by atoms with van der Waals surface area (Å²) in [5.41, 5.74) is 2.36. The Bertz CT molecular complexity index is 646. The number of allylic oxidation sites excluding steroid dienone is 3. The topological polar surface area (TPSA) is 48.0 Å². The van der Waals surface area contributed by atoms with Gasteiger partial charge in [0.15, 0.2) is 5.78 Å². The van der Waals surface area contributed by atoms with Crippen LogP contribution in [0.3, 0.4) is 0 Å². The summed E-state index contributed by atoms with van der Waals surface area (Å²) < 4.78 is 6.99. The highest BCUT2D eigenvalue weighted by Crippen LogP contribution is 2.11. The summed E-state index contributed by atoms with van der Waals surface area (Å²) in [7, 11) is 0. The molecule has 2 aromatic heterocycles. The Hall–Kier alpha value is -2.36. The molecule has 0 amide bonds. The Morgan fingerprint density at radius 2 is 2.25 bits per heavy atom. The van der Waals surface area contributed by atoms with E-state index in [2.05, 4.69) is 5.10 Å². The molecule has 0 saturated heterocycles. The Balaban J connectivity index is 2.10. The molecule has 0 atom stereocenters. The molecule has 20 heavy (non-hydrogen) atoms. The summed E-state index contributed by atoms with van der Waals surface area (Å²) in [6, 6.07) is 3.70. The van der Waals surface area contributed by atoms with Crippen molar-refractivity contribution in [1.82, 2.24) is 9.78 Å². The number of ketones is 1. The summed E-state index contributed by atoms with van der Waals surface area (Å²) in [5, 5.41) is 4.27. The highest BCUT2D eigenvalue weighted by atomic mass is 16.3. The van der Waals surface area contributed by atoms with E-state index >= 15 is 0 Å². The molecule has 0 radical (unpaired) electrons. The maximum absolute atomic E-state index is 12.1. The minimum absolute atomic E-state index is 0.0330. The molecule has 0 N–H and O–H groups in total. The number of aromatic nitrogens is 2. The molecule has 0 spiro atoms. The Labute approximate surface area is 118 Å². The summed E-state index contributed by atoms with van der Waals surface area (Å²) in [6.07, 6.45) is 8.64. The first-order chi connectivity index (χ1) is 9.60. The third-order valence-electron chi connectivity index (χ3n) is 2.95. The average molecular weight is 270 g/mol. The van der Waals surface area contributed by atoms with E-state index in [-0.39, 0.29) is 5.78 Å². The molecule has 104 valence electrons. The molecule has 4 nitrogen and oxygen atoms in total. The van der Waals surface area contributed by atoms with E-state index in [1.54, 1.807) is 29.3 Å². The SMILES string of the molecule is CCn1cc(C(=O)/C=C/C(C)=C/c2ccco2)c(C)n1. The van der Waals surface area contributed by atoms with E-state index in [0.29, 0.717) is 5.56 Å². The van der Waals surface area contributed by atoms with Crippen LogP contribution >= 0.6 is 0 Å². The van der Waals surface area contributed by atoms with E-state index in [1.165, 1.54) is 0 Å². The monoisotopic (exact) mass is 270 g/mol. The van der Waals surface area contributed by atoms with Gasteiger partial charge in [0.25, 0.3) is 0 Å². The normalized spacial score (nSPS) is 12.2. The summed E-state index contributed by atoms with van der Waals surface area (Å²) in [6.45, 7) is 6.52. The number of aryl methyl sites for hydroxylation is 2. The van der Waals surface area contributed by atoms with Crippen LogP contribution in [0, 0.1) is 6.92 Å². The molecular weight excluding hydrogens is 252 g/mol. The van der Waals surface area contributed by atoms with Crippen LogP contribution in [0.1, 0.15) is 35.7 Å². The van der Waals surface area contributed by atoms with Crippen molar-refractivity contribution in [3.63, 3.8) is 0 Å². The fraction of sp³-hybridized carbons (Fsp3) is 0.250. The van der Waals surface area contributed by atoms with Crippen LogP contribution in [0.5, 0.6) is 0 Å². The van der Waals surface area contributed by atoms with Crippen molar-refractivity contribution >= 4 is 11.9 Å². The van der Waals surface area contributed by atoms with Gasteiger partial charge in [0, 0.05) is 12.7 Å². The largest absolute Gasteiger partial charge is 0.465 e. The number of furan rings is 1. The van der Waals surface area contributed by atoms with Crippen molar-refractivity contribution in [2.24, 2.45) is 0 Å². The van der Waals surface area contributed by atoms with Gasteiger partial charge in [-0.3, -0.25) is 9.48 Å². The minimum atomic E-state index is -0.0330. The van der Waals surface area contributed by atoms with E-state index in [9.17, 15) is 4.79 Å². The van der Waals surface area contributed by atoms with Gasteiger partial charge in [-0.15, -0.1) is 0 Å². The number of nitrogens with zero attached hydrogens (tertiary/aromatic N) is 2. The van der Waals surface area contributed by atoms with Crippen molar-refractivity contribution < 1.29 is 9.21 Å². The molecule has 0 fully saturated rings. The quantitative estimate of drug-likeness (QED) is 0.473. The highest BCUT2D eigenvalue weighted by molar-refractivity contribution is 6.05. The van der Waals surface area contributed by atoms with Crippen molar-refractivity contribution in [2.45, 2.75) is 27.3 Å². The molecule has 2 aromatic rings. The van der Waals surface area contributed by atoms with E-state index in [1.807, 2.05) is 39.0 Å². The number of carbonyl (C=O) groups is 1. The Morgan fingerprint density at radius 1 is 1.45 bits per heavy atom. The molecule has 0 bridgehead atoms. The van der Waals surface area contributed by atoms with E-state index in [4.69, 9.17) is 4.42 Å². The van der Waals surface area contributed by atoms with Gasteiger partial charge in [-0.1, -0.05) is 6.08 Å². The third-order valence-corrected chi connectivity index (χ3v) is 2.95. The third kappa shape index (κ3) is 3.35. The first-order valence-corrected chi connectivity index (χ1v) is 6.58. The summed E-state index contributed by atoms with van der Waals surface area (Å²) in [5.74, 6) is 0.740. The van der Waals surface area contributed by atoms with Gasteiger partial charge in [-0.2, -0.15) is 5.10 Å². The van der Waals surface area contributed by atoms with E-state index < -0.39 is 0 Å². The van der Waals surface area contributed by atoms with Crippen molar-refractivity contribution in [1.29, 1.82) is 0 Å². The minimum Gasteiger partial charge on any atom is -0.465 e. The lowest BCUT2D eigenvalue weighted by molar-refractivity contribution is 0.104. The zero-order valence-corrected chi connectivity index (χ0v) is 12.0. The molecule has 4 heteroatoms. The Kier molecular flexibility index (Phi) is 4.35. The number of hydrogen-bond donors (Lipinski definition) is 0. The first-order valence-electron chi connectivity index (χ1n) is 6.58.